The Bertz CT molecular complexity index is 411. The summed E-state index contributed by atoms with van der Waals surface area (Å²) in [6, 6.07) is 4.47. The second-order valence-corrected chi connectivity index (χ2v) is 4.82. The maximum Gasteiger partial charge on any atom is 0.416 e. The van der Waals surface area contributed by atoms with Crippen molar-refractivity contribution in [3.05, 3.63) is 29.8 Å². The van der Waals surface area contributed by atoms with E-state index in [1.165, 1.54) is 12.1 Å². The van der Waals surface area contributed by atoms with Crippen LogP contribution >= 0.6 is 0 Å². The number of rotatable bonds is 3. The van der Waals surface area contributed by atoms with Gasteiger partial charge in [-0.3, -0.25) is 0 Å². The summed E-state index contributed by atoms with van der Waals surface area (Å²) in [5, 5.41) is 13.2. The Kier molecular flexibility index (Phi) is 4.01. The molecule has 1 fully saturated rings. The molecular weight excluding hydrogens is 259 g/mol. The molecule has 1 heterocycles. The van der Waals surface area contributed by atoms with Gasteiger partial charge >= 0.3 is 6.18 Å². The van der Waals surface area contributed by atoms with E-state index >= 15 is 0 Å². The van der Waals surface area contributed by atoms with Crippen molar-refractivity contribution in [2.45, 2.75) is 24.6 Å². The normalized spacial score (nSPS) is 24.2. The first-order valence-corrected chi connectivity index (χ1v) is 6.12. The first-order chi connectivity index (χ1) is 8.89. The summed E-state index contributed by atoms with van der Waals surface area (Å²) in [6.45, 7) is 1.38. The van der Waals surface area contributed by atoms with E-state index in [1.54, 1.807) is 0 Å². The zero-order valence-electron chi connectivity index (χ0n) is 10.3. The summed E-state index contributed by atoms with van der Waals surface area (Å²) in [7, 11) is 0. The van der Waals surface area contributed by atoms with Gasteiger partial charge in [0.15, 0.2) is 0 Å². The average Bonchev–Trinajstić information content (AvgIpc) is 2.37. The van der Waals surface area contributed by atoms with Crippen molar-refractivity contribution < 1.29 is 23.0 Å². The SMILES string of the molecule is OC1(COc2ccc(C(F)(F)F)cc2)CCCNC1. The molecule has 0 radical (unpaired) electrons. The minimum Gasteiger partial charge on any atom is -0.491 e. The minimum absolute atomic E-state index is 0.0748. The highest BCUT2D eigenvalue weighted by Crippen LogP contribution is 2.30. The van der Waals surface area contributed by atoms with E-state index in [0.717, 1.165) is 25.1 Å². The van der Waals surface area contributed by atoms with Crippen LogP contribution in [0.3, 0.4) is 0 Å². The molecule has 0 bridgehead atoms. The van der Waals surface area contributed by atoms with Gasteiger partial charge in [-0.2, -0.15) is 13.2 Å². The van der Waals surface area contributed by atoms with E-state index in [-0.39, 0.29) is 6.61 Å². The number of hydrogen-bond acceptors (Lipinski definition) is 3. The summed E-state index contributed by atoms with van der Waals surface area (Å²) < 4.78 is 42.5. The number of benzene rings is 1. The number of nitrogens with one attached hydrogen (secondary N) is 1. The molecule has 2 rings (SSSR count). The van der Waals surface area contributed by atoms with E-state index in [1.807, 2.05) is 0 Å². The van der Waals surface area contributed by atoms with Crippen LogP contribution in [0.4, 0.5) is 13.2 Å². The highest BCUT2D eigenvalue weighted by Gasteiger charge is 2.31. The van der Waals surface area contributed by atoms with E-state index in [2.05, 4.69) is 5.32 Å². The predicted molar refractivity (Wildman–Crippen MR) is 64.0 cm³/mol. The van der Waals surface area contributed by atoms with E-state index < -0.39 is 17.3 Å². The topological polar surface area (TPSA) is 41.5 Å². The van der Waals surface area contributed by atoms with Gasteiger partial charge in [0.25, 0.3) is 0 Å². The lowest BCUT2D eigenvalue weighted by Crippen LogP contribution is -2.49. The summed E-state index contributed by atoms with van der Waals surface area (Å²) in [5.41, 5.74) is -1.65. The molecule has 6 heteroatoms. The van der Waals surface area contributed by atoms with Crippen LogP contribution in [0.25, 0.3) is 0 Å². The summed E-state index contributed by atoms with van der Waals surface area (Å²) in [4.78, 5) is 0. The average molecular weight is 275 g/mol. The molecule has 1 aliphatic rings. The smallest absolute Gasteiger partial charge is 0.416 e. The molecule has 1 aromatic rings. The van der Waals surface area contributed by atoms with Crippen molar-refractivity contribution in [2.24, 2.45) is 0 Å². The van der Waals surface area contributed by atoms with Crippen LogP contribution in [0.5, 0.6) is 5.75 Å². The van der Waals surface area contributed by atoms with Crippen LogP contribution in [0.15, 0.2) is 24.3 Å². The fourth-order valence-electron chi connectivity index (χ4n) is 2.03. The molecule has 19 heavy (non-hydrogen) atoms. The third-order valence-corrected chi connectivity index (χ3v) is 3.14. The highest BCUT2D eigenvalue weighted by molar-refractivity contribution is 5.28. The fraction of sp³-hybridized carbons (Fsp3) is 0.538. The lowest BCUT2D eigenvalue weighted by molar-refractivity contribution is -0.137. The monoisotopic (exact) mass is 275 g/mol. The standard InChI is InChI=1S/C13H16F3NO2/c14-13(15,16)10-2-4-11(5-3-10)19-9-12(18)6-1-7-17-8-12/h2-5,17-18H,1,6-9H2. The molecule has 1 atom stereocenters. The van der Waals surface area contributed by atoms with Gasteiger partial charge in [0.1, 0.15) is 18.0 Å². The van der Waals surface area contributed by atoms with Gasteiger partial charge in [0, 0.05) is 6.54 Å². The van der Waals surface area contributed by atoms with E-state index in [9.17, 15) is 18.3 Å². The van der Waals surface area contributed by atoms with Crippen molar-refractivity contribution in [1.82, 2.24) is 5.32 Å². The molecule has 106 valence electrons. The van der Waals surface area contributed by atoms with Crippen LogP contribution in [-0.2, 0) is 6.18 Å². The number of β-amino-alcohol motifs (C(OH)–C–C–N with tert-alkyl or cyclic N) is 1. The molecule has 0 aliphatic carbocycles. The van der Waals surface area contributed by atoms with Gasteiger partial charge in [-0.05, 0) is 43.7 Å². The molecule has 0 spiro atoms. The summed E-state index contributed by atoms with van der Waals surface area (Å²) in [5.74, 6) is 0.326. The Balaban J connectivity index is 1.93. The molecule has 1 unspecified atom stereocenters. The molecule has 1 saturated heterocycles. The third kappa shape index (κ3) is 3.84. The Morgan fingerprint density at radius 1 is 1.26 bits per heavy atom. The molecule has 3 nitrogen and oxygen atoms in total. The quantitative estimate of drug-likeness (QED) is 0.888. The number of hydrogen-bond donors (Lipinski definition) is 2. The predicted octanol–water partition coefficient (Wildman–Crippen LogP) is 2.20. The molecule has 0 aromatic heterocycles. The highest BCUT2D eigenvalue weighted by atomic mass is 19.4. The van der Waals surface area contributed by atoms with Gasteiger partial charge in [0.2, 0.25) is 0 Å². The Labute approximate surface area is 109 Å². The summed E-state index contributed by atoms with van der Waals surface area (Å²) in [6.07, 6.45) is -2.86. The molecule has 0 amide bonds. The van der Waals surface area contributed by atoms with Gasteiger partial charge in [-0.1, -0.05) is 0 Å². The van der Waals surface area contributed by atoms with Crippen molar-refractivity contribution in [3.63, 3.8) is 0 Å². The fourth-order valence-corrected chi connectivity index (χ4v) is 2.03. The van der Waals surface area contributed by atoms with Crippen LogP contribution in [0.1, 0.15) is 18.4 Å². The van der Waals surface area contributed by atoms with E-state index in [0.29, 0.717) is 18.7 Å². The summed E-state index contributed by atoms with van der Waals surface area (Å²) >= 11 is 0. The Morgan fingerprint density at radius 3 is 2.47 bits per heavy atom. The van der Waals surface area contributed by atoms with Gasteiger partial charge < -0.3 is 15.2 Å². The lowest BCUT2D eigenvalue weighted by atomic mass is 9.95. The molecule has 1 aromatic carbocycles. The number of aliphatic hydroxyl groups is 1. The van der Waals surface area contributed by atoms with E-state index in [4.69, 9.17) is 4.74 Å². The van der Waals surface area contributed by atoms with Crippen molar-refractivity contribution >= 4 is 0 Å². The zero-order valence-corrected chi connectivity index (χ0v) is 10.3. The van der Waals surface area contributed by atoms with Crippen molar-refractivity contribution in [3.8, 4) is 5.75 Å². The number of piperidine rings is 1. The first kappa shape index (κ1) is 14.1. The van der Waals surface area contributed by atoms with Crippen LogP contribution < -0.4 is 10.1 Å². The van der Waals surface area contributed by atoms with Crippen LogP contribution in [0, 0.1) is 0 Å². The molecular formula is C13H16F3NO2. The van der Waals surface area contributed by atoms with Gasteiger partial charge in [-0.25, -0.2) is 0 Å². The van der Waals surface area contributed by atoms with Crippen LogP contribution in [0.2, 0.25) is 0 Å². The first-order valence-electron chi connectivity index (χ1n) is 6.12. The Hall–Kier alpha value is -1.27. The minimum atomic E-state index is -4.34. The van der Waals surface area contributed by atoms with Crippen LogP contribution in [-0.4, -0.2) is 30.4 Å². The number of alkyl halides is 3. The second-order valence-electron chi connectivity index (χ2n) is 4.82. The molecule has 2 N–H and O–H groups in total. The number of ether oxygens (including phenoxy) is 1. The van der Waals surface area contributed by atoms with Gasteiger partial charge in [0.05, 0.1) is 5.56 Å². The van der Waals surface area contributed by atoms with Crippen molar-refractivity contribution in [1.29, 1.82) is 0 Å². The number of halogens is 3. The maximum atomic E-state index is 12.4. The molecule has 1 aliphatic heterocycles. The molecule has 0 saturated carbocycles. The Morgan fingerprint density at radius 2 is 1.95 bits per heavy atom. The third-order valence-electron chi connectivity index (χ3n) is 3.14. The zero-order chi connectivity index (χ0) is 13.9. The van der Waals surface area contributed by atoms with Crippen molar-refractivity contribution in [2.75, 3.05) is 19.7 Å². The second kappa shape index (κ2) is 5.38. The maximum absolute atomic E-state index is 12.4. The largest absolute Gasteiger partial charge is 0.491 e. The lowest BCUT2D eigenvalue weighted by Gasteiger charge is -2.32. The van der Waals surface area contributed by atoms with Gasteiger partial charge in [-0.15, -0.1) is 0 Å².